The van der Waals surface area contributed by atoms with E-state index in [9.17, 15) is 13.5 Å². The van der Waals surface area contributed by atoms with E-state index in [2.05, 4.69) is 22.4 Å². The number of aliphatic hydroxyl groups is 1. The van der Waals surface area contributed by atoms with Gasteiger partial charge in [-0.2, -0.15) is 0 Å². The molecule has 0 aromatic rings. The zero-order chi connectivity index (χ0) is 10.3. The molecule has 13 heavy (non-hydrogen) atoms. The summed E-state index contributed by atoms with van der Waals surface area (Å²) in [5.74, 6) is 0.00940. The second-order valence-corrected chi connectivity index (χ2v) is 5.28. The molecule has 0 aromatic carbocycles. The van der Waals surface area contributed by atoms with Crippen LogP contribution >= 0.6 is 12.2 Å². The second kappa shape index (κ2) is 6.21. The summed E-state index contributed by atoms with van der Waals surface area (Å²) < 4.78 is 21.4. The quantitative estimate of drug-likeness (QED) is 0.518. The Morgan fingerprint density at radius 2 is 2.15 bits per heavy atom. The fraction of sp³-hybridized carbons (Fsp3) is 0.857. The molecule has 0 radical (unpaired) electrons. The molecule has 0 amide bonds. The molecule has 0 saturated heterocycles. The Balaban J connectivity index is 3.63. The van der Waals surface area contributed by atoms with E-state index in [1.54, 1.807) is 0 Å². The minimum atomic E-state index is -2.98. The van der Waals surface area contributed by atoms with Crippen LogP contribution in [0.2, 0.25) is 0 Å². The molecule has 4 nitrogen and oxygen atoms in total. The monoisotopic (exact) mass is 223 g/mol. The van der Waals surface area contributed by atoms with Crippen LogP contribution in [0.3, 0.4) is 0 Å². The zero-order valence-electron chi connectivity index (χ0n) is 7.43. The average Bonchev–Trinajstić information content (AvgIpc) is 2.00. The lowest BCUT2D eigenvalue weighted by Gasteiger charge is -2.06. The standard InChI is InChI=1S/C7H13NO3S2/c1-13(10,11)5-3-7(9)2-4-8-6-12/h7,9H,2-5H2,1H3/t7-/m1/s1. The molecule has 0 fully saturated rings. The van der Waals surface area contributed by atoms with E-state index in [0.29, 0.717) is 13.0 Å². The molecule has 0 heterocycles. The van der Waals surface area contributed by atoms with E-state index in [0.717, 1.165) is 6.26 Å². The molecule has 0 spiro atoms. The van der Waals surface area contributed by atoms with Crippen molar-refractivity contribution in [2.75, 3.05) is 18.6 Å². The van der Waals surface area contributed by atoms with Crippen molar-refractivity contribution in [3.05, 3.63) is 0 Å². The summed E-state index contributed by atoms with van der Waals surface area (Å²) >= 11 is 4.33. The maximum absolute atomic E-state index is 10.7. The molecular formula is C7H13NO3S2. The maximum Gasteiger partial charge on any atom is 0.147 e. The van der Waals surface area contributed by atoms with Gasteiger partial charge < -0.3 is 5.11 Å². The molecule has 0 bridgehead atoms. The molecule has 76 valence electrons. The van der Waals surface area contributed by atoms with Crippen LogP contribution in [0.5, 0.6) is 0 Å². The number of rotatable bonds is 6. The molecule has 1 atom stereocenters. The summed E-state index contributed by atoms with van der Waals surface area (Å²) in [6.07, 6.45) is 1.21. The van der Waals surface area contributed by atoms with E-state index in [1.165, 1.54) is 0 Å². The summed E-state index contributed by atoms with van der Waals surface area (Å²) in [7, 11) is -2.98. The van der Waals surface area contributed by atoms with Gasteiger partial charge in [0.15, 0.2) is 0 Å². The van der Waals surface area contributed by atoms with Gasteiger partial charge in [-0.25, -0.2) is 13.4 Å². The van der Waals surface area contributed by atoms with Gasteiger partial charge in [0.2, 0.25) is 0 Å². The highest BCUT2D eigenvalue weighted by Gasteiger charge is 2.08. The van der Waals surface area contributed by atoms with Gasteiger partial charge >= 0.3 is 0 Å². The van der Waals surface area contributed by atoms with Gasteiger partial charge in [-0.15, -0.1) is 0 Å². The van der Waals surface area contributed by atoms with Crippen LogP contribution in [-0.4, -0.2) is 43.3 Å². The van der Waals surface area contributed by atoms with Crippen LogP contribution in [0.1, 0.15) is 12.8 Å². The number of aliphatic hydroxyl groups excluding tert-OH is 1. The van der Waals surface area contributed by atoms with Gasteiger partial charge in [0.05, 0.1) is 23.6 Å². The predicted octanol–water partition coefficient (Wildman–Crippen LogP) is 0.275. The van der Waals surface area contributed by atoms with Crippen molar-refractivity contribution in [1.82, 2.24) is 0 Å². The van der Waals surface area contributed by atoms with Crippen molar-refractivity contribution >= 4 is 27.2 Å². The third-order valence-corrected chi connectivity index (χ3v) is 2.57. The highest BCUT2D eigenvalue weighted by Crippen LogP contribution is 2.00. The number of nitrogens with zero attached hydrogens (tertiary/aromatic N) is 1. The minimum absolute atomic E-state index is 0.00940. The zero-order valence-corrected chi connectivity index (χ0v) is 9.07. The van der Waals surface area contributed by atoms with E-state index in [4.69, 9.17) is 0 Å². The number of isothiocyanates is 1. The van der Waals surface area contributed by atoms with Crippen LogP contribution in [0.25, 0.3) is 0 Å². The maximum atomic E-state index is 10.7. The van der Waals surface area contributed by atoms with Crippen molar-refractivity contribution in [3.63, 3.8) is 0 Å². The Morgan fingerprint density at radius 1 is 1.54 bits per heavy atom. The fourth-order valence-electron chi connectivity index (χ4n) is 0.754. The van der Waals surface area contributed by atoms with Crippen molar-refractivity contribution in [3.8, 4) is 0 Å². The lowest BCUT2D eigenvalue weighted by atomic mass is 10.2. The summed E-state index contributed by atoms with van der Waals surface area (Å²) in [5, 5.41) is 11.4. The number of sulfone groups is 1. The Kier molecular flexibility index (Phi) is 6.07. The summed E-state index contributed by atoms with van der Waals surface area (Å²) in [6, 6.07) is 0. The van der Waals surface area contributed by atoms with Gasteiger partial charge in [0, 0.05) is 6.26 Å². The molecule has 1 N–H and O–H groups in total. The average molecular weight is 223 g/mol. The number of thiocarbonyl (C=S) groups is 1. The Morgan fingerprint density at radius 3 is 2.62 bits per heavy atom. The molecule has 0 aliphatic carbocycles. The molecule has 0 rings (SSSR count). The van der Waals surface area contributed by atoms with Gasteiger partial charge in [-0.3, -0.25) is 0 Å². The summed E-state index contributed by atoms with van der Waals surface area (Å²) in [4.78, 5) is 3.61. The molecule has 0 unspecified atom stereocenters. The Bertz CT molecular complexity index is 280. The molecule has 0 aliphatic rings. The van der Waals surface area contributed by atoms with E-state index >= 15 is 0 Å². The van der Waals surface area contributed by atoms with Crippen molar-refractivity contribution in [2.45, 2.75) is 18.9 Å². The van der Waals surface area contributed by atoms with Gasteiger partial charge in [-0.05, 0) is 25.1 Å². The summed E-state index contributed by atoms with van der Waals surface area (Å²) in [6.45, 7) is 0.397. The van der Waals surface area contributed by atoms with E-state index < -0.39 is 15.9 Å². The van der Waals surface area contributed by atoms with Crippen LogP contribution in [0, 0.1) is 0 Å². The first-order valence-electron chi connectivity index (χ1n) is 3.85. The minimum Gasteiger partial charge on any atom is -0.393 e. The van der Waals surface area contributed by atoms with Crippen molar-refractivity contribution in [1.29, 1.82) is 0 Å². The third-order valence-electron chi connectivity index (χ3n) is 1.46. The van der Waals surface area contributed by atoms with Gasteiger partial charge in [0.1, 0.15) is 9.84 Å². The summed E-state index contributed by atoms with van der Waals surface area (Å²) in [5.41, 5.74) is 0. The number of aliphatic imine (C=N–C) groups is 1. The van der Waals surface area contributed by atoms with Crippen LogP contribution in [0.15, 0.2) is 4.99 Å². The fourth-order valence-corrected chi connectivity index (χ4v) is 1.55. The smallest absolute Gasteiger partial charge is 0.147 e. The van der Waals surface area contributed by atoms with Crippen LogP contribution in [0.4, 0.5) is 0 Å². The normalized spacial score (nSPS) is 13.4. The highest BCUT2D eigenvalue weighted by molar-refractivity contribution is 7.90. The topological polar surface area (TPSA) is 66.7 Å². The molecule has 0 saturated carbocycles. The lowest BCUT2D eigenvalue weighted by molar-refractivity contribution is 0.164. The second-order valence-electron chi connectivity index (χ2n) is 2.83. The van der Waals surface area contributed by atoms with Crippen molar-refractivity contribution < 1.29 is 13.5 Å². The van der Waals surface area contributed by atoms with Gasteiger partial charge in [0.25, 0.3) is 0 Å². The number of hydrogen-bond acceptors (Lipinski definition) is 5. The van der Waals surface area contributed by atoms with E-state index in [1.807, 2.05) is 0 Å². The van der Waals surface area contributed by atoms with Gasteiger partial charge in [-0.1, -0.05) is 0 Å². The third kappa shape index (κ3) is 9.63. The highest BCUT2D eigenvalue weighted by atomic mass is 32.2. The predicted molar refractivity (Wildman–Crippen MR) is 54.8 cm³/mol. The first kappa shape index (κ1) is 12.7. The SMILES string of the molecule is CS(=O)(=O)CC[C@H](O)CCN=C=S. The number of hydrogen-bond donors (Lipinski definition) is 1. The van der Waals surface area contributed by atoms with E-state index in [-0.39, 0.29) is 12.2 Å². The Labute approximate surface area is 83.6 Å². The first-order chi connectivity index (χ1) is 5.95. The van der Waals surface area contributed by atoms with Crippen molar-refractivity contribution in [2.24, 2.45) is 4.99 Å². The largest absolute Gasteiger partial charge is 0.393 e. The lowest BCUT2D eigenvalue weighted by Crippen LogP contribution is -2.14. The molecule has 0 aromatic heterocycles. The molecular weight excluding hydrogens is 210 g/mol. The Hall–Kier alpha value is -0.290. The van der Waals surface area contributed by atoms with Crippen LogP contribution < -0.4 is 0 Å². The molecule has 0 aliphatic heterocycles. The van der Waals surface area contributed by atoms with Crippen LogP contribution in [-0.2, 0) is 9.84 Å². The first-order valence-corrected chi connectivity index (χ1v) is 6.32. The molecule has 6 heteroatoms.